The van der Waals surface area contributed by atoms with Gasteiger partial charge in [-0.2, -0.15) is 0 Å². The second-order valence-corrected chi connectivity index (χ2v) is 4.55. The van der Waals surface area contributed by atoms with Gasteiger partial charge < -0.3 is 0 Å². The summed E-state index contributed by atoms with van der Waals surface area (Å²) in [6.45, 7) is 7.33. The van der Waals surface area contributed by atoms with E-state index in [0.717, 1.165) is 12.5 Å². The third-order valence-electron chi connectivity index (χ3n) is 3.29. The fourth-order valence-electron chi connectivity index (χ4n) is 2.57. The van der Waals surface area contributed by atoms with Crippen molar-refractivity contribution < 1.29 is 4.79 Å². The summed E-state index contributed by atoms with van der Waals surface area (Å²) in [5.41, 5.74) is 0. The molecule has 0 amide bonds. The molecule has 2 atom stereocenters. The van der Waals surface area contributed by atoms with Gasteiger partial charge in [0.2, 0.25) is 0 Å². The van der Waals surface area contributed by atoms with E-state index in [1.165, 1.54) is 32.2 Å². The highest BCUT2D eigenvalue weighted by Gasteiger charge is 2.25. The van der Waals surface area contributed by atoms with E-state index >= 15 is 0 Å². The quantitative estimate of drug-likeness (QED) is 0.690. The van der Waals surface area contributed by atoms with Gasteiger partial charge in [0.25, 0.3) is 0 Å². The molecule has 1 aliphatic heterocycles. The number of Topliss-reactive ketones (excluding diaryl/α,β-unsaturated/α-hetero) is 1. The molecule has 1 saturated heterocycles. The van der Waals surface area contributed by atoms with Crippen molar-refractivity contribution in [3.8, 4) is 0 Å². The van der Waals surface area contributed by atoms with Crippen LogP contribution in [0.25, 0.3) is 0 Å². The number of hydrogen-bond donors (Lipinski definition) is 0. The lowest BCUT2D eigenvalue weighted by Gasteiger charge is -2.39. The zero-order chi connectivity index (χ0) is 10.6. The normalized spacial score (nSPS) is 26.1. The first-order chi connectivity index (χ1) is 6.65. The Morgan fingerprint density at radius 1 is 1.50 bits per heavy atom. The van der Waals surface area contributed by atoms with Crippen LogP contribution in [0.15, 0.2) is 0 Å². The van der Waals surface area contributed by atoms with Crippen molar-refractivity contribution in [2.75, 3.05) is 6.54 Å². The molecule has 0 aliphatic carbocycles. The van der Waals surface area contributed by atoms with E-state index < -0.39 is 0 Å². The Morgan fingerprint density at radius 2 is 2.21 bits per heavy atom. The van der Waals surface area contributed by atoms with Crippen molar-refractivity contribution >= 4 is 5.78 Å². The molecule has 0 spiro atoms. The lowest BCUT2D eigenvalue weighted by atomic mass is 9.97. The summed E-state index contributed by atoms with van der Waals surface area (Å²) >= 11 is 0. The third-order valence-corrected chi connectivity index (χ3v) is 3.29. The van der Waals surface area contributed by atoms with Crippen molar-refractivity contribution in [2.24, 2.45) is 0 Å². The maximum absolute atomic E-state index is 11.1. The first kappa shape index (κ1) is 11.7. The molecule has 1 aliphatic rings. The molecule has 0 aromatic heterocycles. The van der Waals surface area contributed by atoms with E-state index in [2.05, 4.69) is 18.7 Å². The number of likely N-dealkylation sites (tertiary alicyclic amines) is 1. The summed E-state index contributed by atoms with van der Waals surface area (Å²) in [7, 11) is 0. The molecule has 1 fully saturated rings. The van der Waals surface area contributed by atoms with E-state index in [9.17, 15) is 4.79 Å². The van der Waals surface area contributed by atoms with Crippen molar-refractivity contribution in [2.45, 2.75) is 65.0 Å². The second-order valence-electron chi connectivity index (χ2n) is 4.55. The van der Waals surface area contributed by atoms with Gasteiger partial charge >= 0.3 is 0 Å². The van der Waals surface area contributed by atoms with E-state index in [1.807, 2.05) is 0 Å². The largest absolute Gasteiger partial charge is 0.300 e. The zero-order valence-corrected chi connectivity index (χ0v) is 9.75. The van der Waals surface area contributed by atoms with Crippen LogP contribution < -0.4 is 0 Å². The Hall–Kier alpha value is -0.370. The molecule has 82 valence electrons. The van der Waals surface area contributed by atoms with Gasteiger partial charge in [0.1, 0.15) is 5.78 Å². The Morgan fingerprint density at radius 3 is 2.79 bits per heavy atom. The molecular formula is C12H23NO. The van der Waals surface area contributed by atoms with Crippen LogP contribution in [0.5, 0.6) is 0 Å². The van der Waals surface area contributed by atoms with Gasteiger partial charge in [-0.05, 0) is 39.7 Å². The highest BCUT2D eigenvalue weighted by Crippen LogP contribution is 2.22. The number of carbonyl (C=O) groups excluding carboxylic acids is 1. The van der Waals surface area contributed by atoms with Gasteiger partial charge in [-0.3, -0.25) is 9.69 Å². The number of piperidine rings is 1. The van der Waals surface area contributed by atoms with E-state index in [1.54, 1.807) is 6.92 Å². The summed E-state index contributed by atoms with van der Waals surface area (Å²) in [6.07, 6.45) is 5.93. The van der Waals surface area contributed by atoms with Gasteiger partial charge in [-0.25, -0.2) is 0 Å². The number of hydrogen-bond acceptors (Lipinski definition) is 2. The number of rotatable bonds is 4. The standard InChI is InChI=1S/C12H23NO/c1-4-12-7-5-6-8-13(12)10(2)9-11(3)14/h10,12H,4-9H2,1-3H3. The molecule has 0 aromatic carbocycles. The first-order valence-electron chi connectivity index (χ1n) is 5.90. The minimum atomic E-state index is 0.318. The van der Waals surface area contributed by atoms with Crippen LogP contribution in [-0.2, 0) is 4.79 Å². The Bertz CT molecular complexity index is 191. The lowest BCUT2D eigenvalue weighted by molar-refractivity contribution is -0.118. The SMILES string of the molecule is CCC1CCCCN1C(C)CC(C)=O. The van der Waals surface area contributed by atoms with Crippen LogP contribution in [0.4, 0.5) is 0 Å². The molecule has 0 radical (unpaired) electrons. The molecular weight excluding hydrogens is 174 g/mol. The molecule has 2 heteroatoms. The molecule has 0 N–H and O–H groups in total. The highest BCUT2D eigenvalue weighted by atomic mass is 16.1. The van der Waals surface area contributed by atoms with Crippen LogP contribution in [0.2, 0.25) is 0 Å². The Balaban J connectivity index is 2.49. The smallest absolute Gasteiger partial charge is 0.131 e. The summed E-state index contributed by atoms with van der Waals surface area (Å²) < 4.78 is 0. The van der Waals surface area contributed by atoms with Gasteiger partial charge in [0, 0.05) is 18.5 Å². The topological polar surface area (TPSA) is 20.3 Å². The fraction of sp³-hybridized carbons (Fsp3) is 0.917. The monoisotopic (exact) mass is 197 g/mol. The van der Waals surface area contributed by atoms with Gasteiger partial charge in [0.15, 0.2) is 0 Å². The van der Waals surface area contributed by atoms with Gasteiger partial charge in [-0.1, -0.05) is 13.3 Å². The van der Waals surface area contributed by atoms with Gasteiger partial charge in [-0.15, -0.1) is 0 Å². The summed E-state index contributed by atoms with van der Waals surface area (Å²) in [5, 5.41) is 0. The van der Waals surface area contributed by atoms with Crippen molar-refractivity contribution in [3.63, 3.8) is 0 Å². The number of carbonyl (C=O) groups is 1. The second kappa shape index (κ2) is 5.50. The summed E-state index contributed by atoms with van der Waals surface area (Å²) in [4.78, 5) is 13.6. The molecule has 1 rings (SSSR count). The maximum Gasteiger partial charge on any atom is 0.131 e. The predicted molar refractivity (Wildman–Crippen MR) is 59.4 cm³/mol. The summed E-state index contributed by atoms with van der Waals surface area (Å²) in [6, 6.07) is 1.16. The van der Waals surface area contributed by atoms with Gasteiger partial charge in [0.05, 0.1) is 0 Å². The average Bonchev–Trinajstić information content (AvgIpc) is 2.16. The number of ketones is 1. The van der Waals surface area contributed by atoms with Crippen LogP contribution in [0, 0.1) is 0 Å². The first-order valence-corrected chi connectivity index (χ1v) is 5.90. The number of nitrogens with zero attached hydrogens (tertiary/aromatic N) is 1. The van der Waals surface area contributed by atoms with Crippen molar-refractivity contribution in [3.05, 3.63) is 0 Å². The van der Waals surface area contributed by atoms with Crippen LogP contribution in [0.3, 0.4) is 0 Å². The van der Waals surface area contributed by atoms with E-state index in [-0.39, 0.29) is 0 Å². The van der Waals surface area contributed by atoms with Crippen molar-refractivity contribution in [1.29, 1.82) is 0 Å². The Kier molecular flexibility index (Phi) is 4.59. The third kappa shape index (κ3) is 3.09. The Labute approximate surface area is 87.7 Å². The molecule has 1 heterocycles. The highest BCUT2D eigenvalue weighted by molar-refractivity contribution is 5.76. The van der Waals surface area contributed by atoms with Crippen LogP contribution in [-0.4, -0.2) is 29.3 Å². The molecule has 14 heavy (non-hydrogen) atoms. The molecule has 2 unspecified atom stereocenters. The predicted octanol–water partition coefficient (Wildman–Crippen LogP) is 2.62. The summed E-state index contributed by atoms with van der Waals surface area (Å²) in [5.74, 6) is 0.318. The van der Waals surface area contributed by atoms with E-state index in [4.69, 9.17) is 0 Å². The molecule has 0 aromatic rings. The maximum atomic E-state index is 11.1. The molecule has 2 nitrogen and oxygen atoms in total. The zero-order valence-electron chi connectivity index (χ0n) is 9.75. The minimum Gasteiger partial charge on any atom is -0.300 e. The van der Waals surface area contributed by atoms with Crippen molar-refractivity contribution in [1.82, 2.24) is 4.90 Å². The van der Waals surface area contributed by atoms with E-state index in [0.29, 0.717) is 11.8 Å². The average molecular weight is 197 g/mol. The molecule has 0 bridgehead atoms. The lowest BCUT2D eigenvalue weighted by Crippen LogP contribution is -2.45. The fourth-order valence-corrected chi connectivity index (χ4v) is 2.57. The minimum absolute atomic E-state index is 0.318. The van der Waals surface area contributed by atoms with Crippen LogP contribution in [0.1, 0.15) is 52.9 Å². The van der Waals surface area contributed by atoms with Crippen LogP contribution >= 0.6 is 0 Å². The molecule has 0 saturated carbocycles.